The van der Waals surface area contributed by atoms with E-state index in [9.17, 15) is 4.79 Å². The molecule has 0 aliphatic carbocycles. The summed E-state index contributed by atoms with van der Waals surface area (Å²) < 4.78 is 2.38. The SMILES string of the molecule is CSN1CCC(CN2CCNC(C)C2)(C(=O)NCC(C)C)CC1. The quantitative estimate of drug-likeness (QED) is 0.715. The molecule has 1 amide bonds. The molecule has 1 atom stereocenters. The molecule has 0 aromatic carbocycles. The van der Waals surface area contributed by atoms with E-state index in [0.29, 0.717) is 12.0 Å². The highest BCUT2D eigenvalue weighted by Crippen LogP contribution is 2.35. The molecule has 5 nitrogen and oxygen atoms in total. The molecule has 23 heavy (non-hydrogen) atoms. The van der Waals surface area contributed by atoms with Gasteiger partial charge < -0.3 is 10.6 Å². The molecule has 2 heterocycles. The monoisotopic (exact) mass is 342 g/mol. The maximum Gasteiger partial charge on any atom is 0.227 e. The van der Waals surface area contributed by atoms with Gasteiger partial charge in [0, 0.05) is 51.9 Å². The lowest BCUT2D eigenvalue weighted by atomic mass is 9.77. The van der Waals surface area contributed by atoms with Gasteiger partial charge in [-0.05, 0) is 31.9 Å². The molecule has 0 bridgehead atoms. The van der Waals surface area contributed by atoms with Gasteiger partial charge in [-0.2, -0.15) is 0 Å². The van der Waals surface area contributed by atoms with E-state index >= 15 is 0 Å². The van der Waals surface area contributed by atoms with Crippen molar-refractivity contribution in [3.63, 3.8) is 0 Å². The van der Waals surface area contributed by atoms with Gasteiger partial charge in [0.1, 0.15) is 0 Å². The normalized spacial score (nSPS) is 26.4. The van der Waals surface area contributed by atoms with Crippen molar-refractivity contribution in [2.75, 3.05) is 52.1 Å². The van der Waals surface area contributed by atoms with Gasteiger partial charge in [-0.3, -0.25) is 14.0 Å². The van der Waals surface area contributed by atoms with Crippen molar-refractivity contribution in [2.24, 2.45) is 11.3 Å². The molecule has 2 saturated heterocycles. The van der Waals surface area contributed by atoms with Crippen molar-refractivity contribution in [3.05, 3.63) is 0 Å². The van der Waals surface area contributed by atoms with Gasteiger partial charge in [-0.1, -0.05) is 25.8 Å². The molecule has 2 N–H and O–H groups in total. The van der Waals surface area contributed by atoms with Crippen molar-refractivity contribution in [2.45, 2.75) is 39.7 Å². The highest BCUT2D eigenvalue weighted by Gasteiger charge is 2.42. The highest BCUT2D eigenvalue weighted by atomic mass is 32.2. The molecular weight excluding hydrogens is 308 g/mol. The van der Waals surface area contributed by atoms with Crippen molar-refractivity contribution >= 4 is 17.9 Å². The Balaban J connectivity index is 2.03. The Morgan fingerprint density at radius 3 is 2.61 bits per heavy atom. The van der Waals surface area contributed by atoms with Crippen LogP contribution in [0.2, 0.25) is 0 Å². The average Bonchev–Trinajstić information content (AvgIpc) is 2.53. The van der Waals surface area contributed by atoms with E-state index in [1.807, 2.05) is 0 Å². The van der Waals surface area contributed by atoms with Crippen molar-refractivity contribution in [1.82, 2.24) is 19.8 Å². The van der Waals surface area contributed by atoms with E-state index in [2.05, 4.69) is 46.9 Å². The van der Waals surface area contributed by atoms with Gasteiger partial charge in [0.05, 0.1) is 5.41 Å². The molecule has 134 valence electrons. The predicted octanol–water partition coefficient (Wildman–Crippen LogP) is 1.41. The summed E-state index contributed by atoms with van der Waals surface area (Å²) in [6.45, 7) is 13.4. The van der Waals surface area contributed by atoms with Crippen LogP contribution in [0.1, 0.15) is 33.6 Å². The molecule has 1 unspecified atom stereocenters. The first-order valence-electron chi connectivity index (χ1n) is 8.98. The number of nitrogens with one attached hydrogen (secondary N) is 2. The van der Waals surface area contributed by atoms with E-state index in [1.165, 1.54) is 0 Å². The number of carbonyl (C=O) groups excluding carboxylic acids is 1. The zero-order valence-electron chi connectivity index (χ0n) is 15.2. The average molecular weight is 343 g/mol. The van der Waals surface area contributed by atoms with Crippen LogP contribution >= 0.6 is 11.9 Å². The third-order valence-electron chi connectivity index (χ3n) is 5.07. The summed E-state index contributed by atoms with van der Waals surface area (Å²) in [5.41, 5.74) is -0.210. The number of piperazine rings is 1. The van der Waals surface area contributed by atoms with Crippen LogP contribution in [0.4, 0.5) is 0 Å². The van der Waals surface area contributed by atoms with Crippen LogP contribution in [-0.4, -0.2) is 73.2 Å². The highest BCUT2D eigenvalue weighted by molar-refractivity contribution is 7.96. The van der Waals surface area contributed by atoms with E-state index in [1.54, 1.807) is 11.9 Å². The minimum atomic E-state index is -0.210. The van der Waals surface area contributed by atoms with Gasteiger partial charge in [-0.15, -0.1) is 0 Å². The molecule has 0 aromatic rings. The fourth-order valence-corrected chi connectivity index (χ4v) is 4.17. The van der Waals surface area contributed by atoms with Crippen molar-refractivity contribution < 1.29 is 4.79 Å². The summed E-state index contributed by atoms with van der Waals surface area (Å²) in [6, 6.07) is 0.519. The molecular formula is C17H34N4OS. The summed E-state index contributed by atoms with van der Waals surface area (Å²) in [5, 5.41) is 6.71. The fourth-order valence-electron chi connectivity index (χ4n) is 3.62. The Morgan fingerprint density at radius 2 is 2.04 bits per heavy atom. The van der Waals surface area contributed by atoms with Gasteiger partial charge in [0.2, 0.25) is 5.91 Å². The molecule has 0 spiro atoms. The Labute approximate surface area is 146 Å². The van der Waals surface area contributed by atoms with Crippen molar-refractivity contribution in [3.8, 4) is 0 Å². The minimum Gasteiger partial charge on any atom is -0.355 e. The van der Waals surface area contributed by atoms with Crippen LogP contribution in [0, 0.1) is 11.3 Å². The standard InChI is InChI=1S/C17H34N4OS/c1-14(2)11-19-16(22)17(5-8-21(23-4)9-6-17)13-20-10-7-18-15(3)12-20/h14-15,18H,5-13H2,1-4H3,(H,19,22). The van der Waals surface area contributed by atoms with E-state index in [4.69, 9.17) is 0 Å². The maximum absolute atomic E-state index is 13.0. The second kappa shape index (κ2) is 8.70. The number of nitrogens with zero attached hydrogens (tertiary/aromatic N) is 2. The van der Waals surface area contributed by atoms with Gasteiger partial charge >= 0.3 is 0 Å². The first kappa shape index (κ1) is 19.0. The fraction of sp³-hybridized carbons (Fsp3) is 0.941. The number of hydrogen-bond acceptors (Lipinski definition) is 5. The van der Waals surface area contributed by atoms with Crippen LogP contribution in [-0.2, 0) is 4.79 Å². The van der Waals surface area contributed by atoms with Crippen molar-refractivity contribution in [1.29, 1.82) is 0 Å². The predicted molar refractivity (Wildman–Crippen MR) is 98.5 cm³/mol. The van der Waals surface area contributed by atoms with Crippen LogP contribution < -0.4 is 10.6 Å². The van der Waals surface area contributed by atoms with Gasteiger partial charge in [0.25, 0.3) is 0 Å². The molecule has 6 heteroatoms. The molecule has 0 saturated carbocycles. The molecule has 2 fully saturated rings. The number of amides is 1. The summed E-state index contributed by atoms with van der Waals surface area (Å²) in [4.78, 5) is 15.5. The number of piperidine rings is 1. The first-order chi connectivity index (χ1) is 10.9. The van der Waals surface area contributed by atoms with E-state index in [-0.39, 0.29) is 11.3 Å². The summed E-state index contributed by atoms with van der Waals surface area (Å²) in [6.07, 6.45) is 4.07. The van der Waals surface area contributed by atoms with Crippen LogP contribution in [0.15, 0.2) is 0 Å². The maximum atomic E-state index is 13.0. The zero-order chi connectivity index (χ0) is 16.9. The zero-order valence-corrected chi connectivity index (χ0v) is 16.0. The first-order valence-corrected chi connectivity index (χ1v) is 10.2. The molecule has 2 aliphatic heterocycles. The summed E-state index contributed by atoms with van der Waals surface area (Å²) in [5.74, 6) is 0.777. The Bertz CT molecular complexity index is 383. The Morgan fingerprint density at radius 1 is 1.35 bits per heavy atom. The van der Waals surface area contributed by atoms with Gasteiger partial charge in [-0.25, -0.2) is 0 Å². The smallest absolute Gasteiger partial charge is 0.227 e. The number of carbonyl (C=O) groups is 1. The summed E-state index contributed by atoms with van der Waals surface area (Å²) in [7, 11) is 0. The number of hydrogen-bond donors (Lipinski definition) is 2. The lowest BCUT2D eigenvalue weighted by molar-refractivity contribution is -0.135. The lowest BCUT2D eigenvalue weighted by Crippen LogP contribution is -2.57. The topological polar surface area (TPSA) is 47.6 Å². The second-order valence-corrected chi connectivity index (χ2v) is 8.47. The van der Waals surface area contributed by atoms with E-state index in [0.717, 1.165) is 58.7 Å². The summed E-state index contributed by atoms with van der Waals surface area (Å²) >= 11 is 1.80. The largest absolute Gasteiger partial charge is 0.355 e. The molecule has 0 radical (unpaired) electrons. The van der Waals surface area contributed by atoms with E-state index < -0.39 is 0 Å². The second-order valence-electron chi connectivity index (χ2n) is 7.59. The van der Waals surface area contributed by atoms with Gasteiger partial charge in [0.15, 0.2) is 0 Å². The van der Waals surface area contributed by atoms with Crippen LogP contribution in [0.25, 0.3) is 0 Å². The molecule has 2 rings (SSSR count). The lowest BCUT2D eigenvalue weighted by Gasteiger charge is -2.44. The number of rotatable bonds is 6. The van der Waals surface area contributed by atoms with Crippen LogP contribution in [0.5, 0.6) is 0 Å². The molecule has 0 aromatic heterocycles. The Kier molecular flexibility index (Phi) is 7.19. The van der Waals surface area contributed by atoms with Crippen LogP contribution in [0.3, 0.4) is 0 Å². The Hall–Kier alpha value is -0.300. The molecule has 2 aliphatic rings. The third kappa shape index (κ3) is 5.34. The minimum absolute atomic E-state index is 0.210. The third-order valence-corrected chi connectivity index (χ3v) is 5.95.